The van der Waals surface area contributed by atoms with Gasteiger partial charge < -0.3 is 5.32 Å². The maximum absolute atomic E-state index is 8.35. The van der Waals surface area contributed by atoms with E-state index in [4.69, 9.17) is 5.26 Å². The lowest BCUT2D eigenvalue weighted by Gasteiger charge is -2.05. The van der Waals surface area contributed by atoms with Gasteiger partial charge in [-0.05, 0) is 5.92 Å². The van der Waals surface area contributed by atoms with E-state index in [0.29, 0.717) is 11.7 Å². The van der Waals surface area contributed by atoms with Crippen LogP contribution in [0.25, 0.3) is 0 Å². The predicted molar refractivity (Wildman–Crippen MR) is 50.2 cm³/mol. The molecule has 0 unspecified atom stereocenters. The van der Waals surface area contributed by atoms with E-state index in [0.717, 1.165) is 5.69 Å². The summed E-state index contributed by atoms with van der Waals surface area (Å²) < 4.78 is 0. The molecule has 1 heterocycles. The average molecular weight is 176 g/mol. The Morgan fingerprint density at radius 1 is 1.54 bits per heavy atom. The minimum atomic E-state index is 0.272. The maximum atomic E-state index is 8.35. The Hall–Kier alpha value is -1.63. The number of nitriles is 1. The average Bonchev–Trinajstić information content (AvgIpc) is 2.15. The van der Waals surface area contributed by atoms with Crippen molar-refractivity contribution in [3.63, 3.8) is 0 Å². The van der Waals surface area contributed by atoms with Crippen molar-refractivity contribution in [1.82, 2.24) is 9.97 Å². The third-order valence-corrected chi connectivity index (χ3v) is 1.63. The number of aromatic nitrogens is 2. The molecule has 1 aromatic rings. The van der Waals surface area contributed by atoms with Gasteiger partial charge in [0.05, 0.1) is 6.07 Å². The Balaban J connectivity index is 2.75. The fourth-order valence-corrected chi connectivity index (χ4v) is 0.915. The summed E-state index contributed by atoms with van der Waals surface area (Å²) in [6.45, 7) is 4.40. The van der Waals surface area contributed by atoms with Gasteiger partial charge in [-0.1, -0.05) is 13.8 Å². The van der Waals surface area contributed by atoms with Crippen LogP contribution in [-0.4, -0.2) is 16.5 Å². The van der Waals surface area contributed by atoms with Crippen LogP contribution in [0.1, 0.15) is 25.5 Å². The van der Waals surface area contributed by atoms with Crippen LogP contribution in [0, 0.1) is 11.3 Å². The van der Waals surface area contributed by atoms with Crippen molar-refractivity contribution in [1.29, 1.82) is 5.26 Å². The number of hydrogen-bond acceptors (Lipinski definition) is 4. The van der Waals surface area contributed by atoms with Gasteiger partial charge in [-0.25, -0.2) is 9.97 Å². The third-order valence-electron chi connectivity index (χ3n) is 1.63. The number of nitrogens with zero attached hydrogens (tertiary/aromatic N) is 3. The molecule has 68 valence electrons. The number of hydrogen-bond donors (Lipinski definition) is 1. The smallest absolute Gasteiger partial charge is 0.130 e. The molecule has 4 nitrogen and oxygen atoms in total. The highest BCUT2D eigenvalue weighted by Gasteiger charge is 2.01. The zero-order chi connectivity index (χ0) is 9.68. The normalized spacial score (nSPS) is 9.69. The molecule has 0 saturated heterocycles. The first-order chi connectivity index (χ1) is 6.24. The second-order valence-electron chi connectivity index (χ2n) is 2.99. The first-order valence-electron chi connectivity index (χ1n) is 4.17. The van der Waals surface area contributed by atoms with Crippen LogP contribution in [0.15, 0.2) is 12.4 Å². The molecule has 0 amide bonds. The number of anilines is 1. The first kappa shape index (κ1) is 9.46. The predicted octanol–water partition coefficient (Wildman–Crippen LogP) is 1.54. The summed E-state index contributed by atoms with van der Waals surface area (Å²) in [7, 11) is 0. The maximum Gasteiger partial charge on any atom is 0.130 e. The van der Waals surface area contributed by atoms with Crippen LogP contribution in [0.2, 0.25) is 0 Å². The first-order valence-corrected chi connectivity index (χ1v) is 4.17. The molecule has 4 heteroatoms. The zero-order valence-corrected chi connectivity index (χ0v) is 7.78. The molecule has 0 aromatic carbocycles. The van der Waals surface area contributed by atoms with Crippen LogP contribution in [0.5, 0.6) is 0 Å². The van der Waals surface area contributed by atoms with Crippen molar-refractivity contribution in [2.24, 2.45) is 0 Å². The fourth-order valence-electron chi connectivity index (χ4n) is 0.915. The highest BCUT2D eigenvalue weighted by molar-refractivity contribution is 5.36. The summed E-state index contributed by atoms with van der Waals surface area (Å²) in [5.41, 5.74) is 0.982. The molecule has 0 aliphatic carbocycles. The van der Waals surface area contributed by atoms with Crippen LogP contribution in [0.4, 0.5) is 5.82 Å². The lowest BCUT2D eigenvalue weighted by molar-refractivity contribution is 0.814. The largest absolute Gasteiger partial charge is 0.357 e. The SMILES string of the molecule is CC(C)c1cc(NCC#N)ncn1. The van der Waals surface area contributed by atoms with Crippen LogP contribution in [0.3, 0.4) is 0 Å². The molecule has 0 aliphatic heterocycles. The van der Waals surface area contributed by atoms with Gasteiger partial charge in [0.25, 0.3) is 0 Å². The lowest BCUT2D eigenvalue weighted by atomic mass is 10.1. The zero-order valence-electron chi connectivity index (χ0n) is 7.78. The second kappa shape index (κ2) is 4.41. The Morgan fingerprint density at radius 2 is 2.31 bits per heavy atom. The van der Waals surface area contributed by atoms with Crippen molar-refractivity contribution >= 4 is 5.82 Å². The number of nitrogens with one attached hydrogen (secondary N) is 1. The minimum absolute atomic E-state index is 0.272. The highest BCUT2D eigenvalue weighted by Crippen LogP contribution is 2.12. The Morgan fingerprint density at radius 3 is 2.92 bits per heavy atom. The van der Waals surface area contributed by atoms with Gasteiger partial charge in [0.15, 0.2) is 0 Å². The summed E-state index contributed by atoms with van der Waals surface area (Å²) in [5.74, 6) is 1.09. The summed E-state index contributed by atoms with van der Waals surface area (Å²) in [4.78, 5) is 8.10. The standard InChI is InChI=1S/C9H12N4/c1-7(2)8-5-9(11-4-3-10)13-6-12-8/h5-7H,4H2,1-2H3,(H,11,12,13). The van der Waals surface area contributed by atoms with Crippen LogP contribution < -0.4 is 5.32 Å². The molecule has 13 heavy (non-hydrogen) atoms. The van der Waals surface area contributed by atoms with Gasteiger partial charge in [-0.15, -0.1) is 0 Å². The molecule has 1 aromatic heterocycles. The quantitative estimate of drug-likeness (QED) is 0.709. The molecule has 1 N–H and O–H groups in total. The van der Waals surface area contributed by atoms with Gasteiger partial charge in [0, 0.05) is 11.8 Å². The summed E-state index contributed by atoms with van der Waals surface area (Å²) >= 11 is 0. The highest BCUT2D eigenvalue weighted by atomic mass is 15.0. The molecule has 0 atom stereocenters. The van der Waals surface area contributed by atoms with E-state index in [2.05, 4.69) is 29.1 Å². The van der Waals surface area contributed by atoms with Crippen LogP contribution >= 0.6 is 0 Å². The molecular formula is C9H12N4. The topological polar surface area (TPSA) is 61.6 Å². The van der Waals surface area contributed by atoms with Crippen molar-refractivity contribution in [3.05, 3.63) is 18.1 Å². The van der Waals surface area contributed by atoms with E-state index >= 15 is 0 Å². The van der Waals surface area contributed by atoms with Gasteiger partial charge in [-0.2, -0.15) is 5.26 Å². The van der Waals surface area contributed by atoms with Crippen molar-refractivity contribution < 1.29 is 0 Å². The van der Waals surface area contributed by atoms with Gasteiger partial charge in [0.1, 0.15) is 18.7 Å². The lowest BCUT2D eigenvalue weighted by Crippen LogP contribution is -2.03. The van der Waals surface area contributed by atoms with E-state index in [1.807, 2.05) is 12.1 Å². The molecule has 0 radical (unpaired) electrons. The minimum Gasteiger partial charge on any atom is -0.357 e. The Labute approximate surface area is 77.6 Å². The van der Waals surface area contributed by atoms with Crippen LogP contribution in [-0.2, 0) is 0 Å². The molecular weight excluding hydrogens is 164 g/mol. The monoisotopic (exact) mass is 176 g/mol. The summed E-state index contributed by atoms with van der Waals surface area (Å²) in [6.07, 6.45) is 1.51. The van der Waals surface area contributed by atoms with Gasteiger partial charge in [0.2, 0.25) is 0 Å². The molecule has 0 fully saturated rings. The van der Waals surface area contributed by atoms with Gasteiger partial charge >= 0.3 is 0 Å². The summed E-state index contributed by atoms with van der Waals surface area (Å²) in [5, 5.41) is 11.2. The van der Waals surface area contributed by atoms with Gasteiger partial charge in [-0.3, -0.25) is 0 Å². The van der Waals surface area contributed by atoms with E-state index in [1.54, 1.807) is 0 Å². The van der Waals surface area contributed by atoms with E-state index < -0.39 is 0 Å². The third kappa shape index (κ3) is 2.71. The van der Waals surface area contributed by atoms with Crippen molar-refractivity contribution in [2.45, 2.75) is 19.8 Å². The van der Waals surface area contributed by atoms with E-state index in [9.17, 15) is 0 Å². The van der Waals surface area contributed by atoms with E-state index in [-0.39, 0.29) is 6.54 Å². The van der Waals surface area contributed by atoms with E-state index in [1.165, 1.54) is 6.33 Å². The Kier molecular flexibility index (Phi) is 3.21. The molecule has 0 aliphatic rings. The number of rotatable bonds is 3. The Bertz CT molecular complexity index is 314. The molecule has 0 bridgehead atoms. The second-order valence-corrected chi connectivity index (χ2v) is 2.99. The van der Waals surface area contributed by atoms with Crippen molar-refractivity contribution in [2.75, 3.05) is 11.9 Å². The summed E-state index contributed by atoms with van der Waals surface area (Å²) in [6, 6.07) is 3.86. The molecule has 1 rings (SSSR count). The molecule has 0 spiro atoms. The fraction of sp³-hybridized carbons (Fsp3) is 0.444. The molecule has 0 saturated carbocycles. The van der Waals surface area contributed by atoms with Crippen molar-refractivity contribution in [3.8, 4) is 6.07 Å².